The van der Waals surface area contributed by atoms with Crippen LogP contribution < -0.4 is 5.32 Å². The molecule has 1 aromatic heterocycles. The molecule has 8 heteroatoms. The first-order valence-electron chi connectivity index (χ1n) is 17.3. The zero-order chi connectivity index (χ0) is 35.0. The Balaban J connectivity index is 1.17. The van der Waals surface area contributed by atoms with Gasteiger partial charge in [-0.05, 0) is 63.9 Å². The van der Waals surface area contributed by atoms with Crippen molar-refractivity contribution in [3.05, 3.63) is 149 Å². The number of benzene rings is 4. The second kappa shape index (κ2) is 15.7. The number of nitriles is 1. The van der Waals surface area contributed by atoms with Crippen molar-refractivity contribution in [2.75, 3.05) is 13.2 Å². The molecule has 254 valence electrons. The van der Waals surface area contributed by atoms with Crippen molar-refractivity contribution in [3.8, 4) is 17.2 Å². The predicted octanol–water partition coefficient (Wildman–Crippen LogP) is 7.64. The van der Waals surface area contributed by atoms with Gasteiger partial charge in [-0.25, -0.2) is 9.78 Å². The minimum absolute atomic E-state index is 0.0501. The highest BCUT2D eigenvalue weighted by molar-refractivity contribution is 5.80. The van der Waals surface area contributed by atoms with Gasteiger partial charge in [0.15, 0.2) is 0 Å². The Morgan fingerprint density at radius 1 is 0.960 bits per heavy atom. The van der Waals surface area contributed by atoms with Crippen LogP contribution in [0.4, 0.5) is 4.79 Å². The van der Waals surface area contributed by atoms with Gasteiger partial charge in [0.05, 0.1) is 24.4 Å². The number of imidazole rings is 1. The molecule has 2 atom stereocenters. The van der Waals surface area contributed by atoms with E-state index in [4.69, 9.17) is 10.00 Å². The second-order valence-corrected chi connectivity index (χ2v) is 13.2. The highest BCUT2D eigenvalue weighted by Crippen LogP contribution is 2.44. The van der Waals surface area contributed by atoms with Crippen molar-refractivity contribution in [2.24, 2.45) is 5.92 Å². The molecule has 0 fully saturated rings. The maximum absolute atomic E-state index is 14.0. The topological polar surface area (TPSA) is 100 Å². The molecule has 0 spiro atoms. The second-order valence-electron chi connectivity index (χ2n) is 13.2. The van der Waals surface area contributed by atoms with E-state index in [1.54, 1.807) is 29.6 Å². The summed E-state index contributed by atoms with van der Waals surface area (Å²) in [6, 6.07) is 33.9. The van der Waals surface area contributed by atoms with Crippen LogP contribution in [-0.2, 0) is 29.0 Å². The fraction of sp³-hybridized carbons (Fsp3) is 0.286. The predicted molar refractivity (Wildman–Crippen MR) is 194 cm³/mol. The van der Waals surface area contributed by atoms with Crippen molar-refractivity contribution in [1.82, 2.24) is 19.8 Å². The number of nitrogens with one attached hydrogen (secondary N) is 1. The first-order chi connectivity index (χ1) is 24.3. The van der Waals surface area contributed by atoms with Gasteiger partial charge < -0.3 is 19.5 Å². The van der Waals surface area contributed by atoms with Gasteiger partial charge in [-0.1, -0.05) is 105 Å². The highest BCUT2D eigenvalue weighted by atomic mass is 16.6. The molecule has 0 radical (unpaired) electrons. The lowest BCUT2D eigenvalue weighted by atomic mass is 9.97. The van der Waals surface area contributed by atoms with Crippen LogP contribution in [-0.4, -0.2) is 45.6 Å². The van der Waals surface area contributed by atoms with Crippen LogP contribution in [0.1, 0.15) is 65.3 Å². The Bertz CT molecular complexity index is 1950. The molecular formula is C42H43N5O3. The van der Waals surface area contributed by atoms with Gasteiger partial charge in [-0.3, -0.25) is 4.79 Å². The maximum atomic E-state index is 14.0. The van der Waals surface area contributed by atoms with Crippen LogP contribution in [0.5, 0.6) is 0 Å². The van der Waals surface area contributed by atoms with E-state index in [2.05, 4.69) is 54.5 Å². The molecule has 0 bridgehead atoms. The van der Waals surface area contributed by atoms with Gasteiger partial charge in [-0.2, -0.15) is 5.26 Å². The van der Waals surface area contributed by atoms with Crippen molar-refractivity contribution >= 4 is 12.0 Å². The average molecular weight is 666 g/mol. The summed E-state index contributed by atoms with van der Waals surface area (Å²) in [7, 11) is 0. The molecule has 2 amide bonds. The molecule has 50 heavy (non-hydrogen) atoms. The number of carbonyl (C=O) groups is 2. The van der Waals surface area contributed by atoms with Crippen molar-refractivity contribution in [2.45, 2.75) is 58.7 Å². The Morgan fingerprint density at radius 3 is 2.28 bits per heavy atom. The van der Waals surface area contributed by atoms with Crippen LogP contribution >= 0.6 is 0 Å². The van der Waals surface area contributed by atoms with Crippen LogP contribution in [0.25, 0.3) is 11.1 Å². The number of nitrogens with zero attached hydrogens (tertiary/aromatic N) is 4. The summed E-state index contributed by atoms with van der Waals surface area (Å²) in [5.74, 6) is -0.0885. The lowest BCUT2D eigenvalue weighted by Gasteiger charge is -2.31. The van der Waals surface area contributed by atoms with E-state index in [9.17, 15) is 9.59 Å². The number of hydrogen-bond donors (Lipinski definition) is 1. The molecule has 1 aliphatic rings. The molecule has 1 N–H and O–H groups in total. The Labute approximate surface area is 294 Å². The standard InChI is InChI=1S/C42H43N5O3/c1-4-29(2)40(45-41(48)21-34-23-44-28-47(34)24-32-19-17-31(22-43)18-20-32)26-46(25-33-12-6-5-11-30(33)3)42(49)50-27-39-37-15-9-7-13-35(37)36-14-8-10-16-38(36)39/h5-20,23,28-29,39-40H,4,21,24-27H2,1-3H3,(H,45,48)/t29-,40+/m0/s1. The smallest absolute Gasteiger partial charge is 0.410 e. The highest BCUT2D eigenvalue weighted by Gasteiger charge is 2.31. The van der Waals surface area contributed by atoms with Gasteiger partial charge in [-0.15, -0.1) is 0 Å². The summed E-state index contributed by atoms with van der Waals surface area (Å²) in [5, 5.41) is 12.4. The summed E-state index contributed by atoms with van der Waals surface area (Å²) in [6.07, 6.45) is 3.99. The SMILES string of the molecule is CC[C@H](C)[C@@H](CN(Cc1ccccc1C)C(=O)OCC1c2ccccc2-c2ccccc21)NC(=O)Cc1cncn1Cc1ccc(C#N)cc1. The third-order valence-corrected chi connectivity index (χ3v) is 9.89. The molecule has 1 heterocycles. The van der Waals surface area contributed by atoms with E-state index in [1.165, 1.54) is 11.1 Å². The van der Waals surface area contributed by atoms with Crippen molar-refractivity contribution < 1.29 is 14.3 Å². The summed E-state index contributed by atoms with van der Waals surface area (Å²) < 4.78 is 8.09. The maximum Gasteiger partial charge on any atom is 0.410 e. The van der Waals surface area contributed by atoms with Gasteiger partial charge in [0.25, 0.3) is 0 Å². The molecule has 6 rings (SSSR count). The minimum Gasteiger partial charge on any atom is -0.448 e. The molecule has 0 saturated heterocycles. The normalized spacial score (nSPS) is 13.1. The van der Waals surface area contributed by atoms with E-state index in [1.807, 2.05) is 72.2 Å². The van der Waals surface area contributed by atoms with Gasteiger partial charge in [0, 0.05) is 43.5 Å². The number of ether oxygens (including phenoxy) is 1. The average Bonchev–Trinajstić information content (AvgIpc) is 3.71. The van der Waals surface area contributed by atoms with E-state index >= 15 is 0 Å². The van der Waals surface area contributed by atoms with E-state index in [0.717, 1.165) is 39.9 Å². The number of carbonyl (C=O) groups excluding carboxylic acids is 2. The van der Waals surface area contributed by atoms with Crippen LogP contribution in [0.2, 0.25) is 0 Å². The van der Waals surface area contributed by atoms with Crippen LogP contribution in [0, 0.1) is 24.2 Å². The zero-order valence-corrected chi connectivity index (χ0v) is 28.9. The number of amides is 2. The van der Waals surface area contributed by atoms with Gasteiger partial charge in [0.1, 0.15) is 6.61 Å². The molecule has 0 saturated carbocycles. The number of aryl methyl sites for hydroxylation is 1. The fourth-order valence-corrected chi connectivity index (χ4v) is 6.71. The summed E-state index contributed by atoms with van der Waals surface area (Å²) >= 11 is 0. The number of fused-ring (bicyclic) bond motifs is 3. The van der Waals surface area contributed by atoms with E-state index in [-0.39, 0.29) is 36.8 Å². The van der Waals surface area contributed by atoms with E-state index < -0.39 is 6.09 Å². The largest absolute Gasteiger partial charge is 0.448 e. The first kappa shape index (κ1) is 34.2. The third kappa shape index (κ3) is 7.79. The third-order valence-electron chi connectivity index (χ3n) is 9.89. The molecule has 0 unspecified atom stereocenters. The quantitative estimate of drug-likeness (QED) is 0.139. The lowest BCUT2D eigenvalue weighted by Crippen LogP contribution is -2.49. The molecule has 4 aromatic carbocycles. The lowest BCUT2D eigenvalue weighted by molar-refractivity contribution is -0.121. The van der Waals surface area contributed by atoms with Crippen LogP contribution in [0.3, 0.4) is 0 Å². The summed E-state index contributed by atoms with van der Waals surface area (Å²) in [5.41, 5.74) is 9.19. The van der Waals surface area contributed by atoms with Gasteiger partial charge >= 0.3 is 6.09 Å². The van der Waals surface area contributed by atoms with Crippen molar-refractivity contribution in [3.63, 3.8) is 0 Å². The van der Waals surface area contributed by atoms with Gasteiger partial charge in [0.2, 0.25) is 5.91 Å². The van der Waals surface area contributed by atoms with Crippen molar-refractivity contribution in [1.29, 1.82) is 5.26 Å². The summed E-state index contributed by atoms with van der Waals surface area (Å²) in [4.78, 5) is 33.7. The monoisotopic (exact) mass is 665 g/mol. The van der Waals surface area contributed by atoms with Crippen LogP contribution in [0.15, 0.2) is 110 Å². The summed E-state index contributed by atoms with van der Waals surface area (Å²) in [6.45, 7) is 7.66. The minimum atomic E-state index is -0.404. The Morgan fingerprint density at radius 2 is 1.62 bits per heavy atom. The van der Waals surface area contributed by atoms with E-state index in [0.29, 0.717) is 25.2 Å². The zero-order valence-electron chi connectivity index (χ0n) is 28.9. The fourth-order valence-electron chi connectivity index (χ4n) is 6.71. The Hall–Kier alpha value is -5.68. The number of aromatic nitrogens is 2. The Kier molecular flexibility index (Phi) is 10.7. The molecular weight excluding hydrogens is 622 g/mol. The molecule has 1 aliphatic carbocycles. The first-order valence-corrected chi connectivity index (χ1v) is 17.3. The molecule has 0 aliphatic heterocycles. The number of rotatable bonds is 13. The number of hydrogen-bond acceptors (Lipinski definition) is 5. The molecule has 8 nitrogen and oxygen atoms in total. The molecule has 5 aromatic rings.